The van der Waals surface area contributed by atoms with Crippen LogP contribution < -0.4 is 19.5 Å². The second kappa shape index (κ2) is 10.9. The monoisotopic (exact) mass is 369 g/mol. The van der Waals surface area contributed by atoms with Crippen molar-refractivity contribution >= 4 is 17.7 Å². The summed E-state index contributed by atoms with van der Waals surface area (Å²) in [5, 5.41) is 2.81. The highest BCUT2D eigenvalue weighted by Crippen LogP contribution is 2.28. The van der Waals surface area contributed by atoms with Crippen LogP contribution in [-0.2, 0) is 4.79 Å². The van der Waals surface area contributed by atoms with Crippen molar-refractivity contribution < 1.29 is 19.0 Å². The summed E-state index contributed by atoms with van der Waals surface area (Å²) in [6, 6.07) is 12.8. The minimum absolute atomic E-state index is 0.220. The maximum Gasteiger partial charge on any atom is 0.248 e. The van der Waals surface area contributed by atoms with Crippen molar-refractivity contribution in [2.24, 2.45) is 0 Å². The first-order valence-corrected chi connectivity index (χ1v) is 9.10. The van der Waals surface area contributed by atoms with Gasteiger partial charge in [0.15, 0.2) is 11.5 Å². The molecule has 0 fully saturated rings. The maximum atomic E-state index is 12.1. The molecule has 2 aromatic rings. The molecular weight excluding hydrogens is 342 g/mol. The number of anilines is 1. The van der Waals surface area contributed by atoms with Gasteiger partial charge in [0.1, 0.15) is 5.75 Å². The Morgan fingerprint density at radius 1 is 1.04 bits per heavy atom. The summed E-state index contributed by atoms with van der Waals surface area (Å²) in [6.45, 7) is 2.83. The molecule has 0 heterocycles. The Labute approximate surface area is 161 Å². The van der Waals surface area contributed by atoms with E-state index in [0.29, 0.717) is 29.5 Å². The lowest BCUT2D eigenvalue weighted by Crippen LogP contribution is -2.07. The molecule has 144 valence electrons. The number of hydrogen-bond donors (Lipinski definition) is 1. The molecule has 0 aromatic heterocycles. The largest absolute Gasteiger partial charge is 0.497 e. The molecule has 1 amide bonds. The van der Waals surface area contributed by atoms with E-state index in [1.807, 2.05) is 36.4 Å². The first-order chi connectivity index (χ1) is 13.2. The third-order valence-electron chi connectivity index (χ3n) is 3.96. The summed E-state index contributed by atoms with van der Waals surface area (Å²) in [4.78, 5) is 12.1. The zero-order chi connectivity index (χ0) is 19.5. The number of unbranched alkanes of at least 4 members (excludes halogenated alkanes) is 2. The van der Waals surface area contributed by atoms with Gasteiger partial charge in [-0.1, -0.05) is 31.9 Å². The van der Waals surface area contributed by atoms with E-state index in [1.54, 1.807) is 26.4 Å². The van der Waals surface area contributed by atoms with Crippen LogP contribution in [0, 0.1) is 0 Å². The fraction of sp³-hybridized carbons (Fsp3) is 0.318. The van der Waals surface area contributed by atoms with E-state index in [4.69, 9.17) is 14.2 Å². The highest BCUT2D eigenvalue weighted by atomic mass is 16.5. The molecule has 2 rings (SSSR count). The SMILES string of the molecule is CCCCCOc1ccc(/C=C/C(=O)Nc2cccc(OC)c2)cc1OC. The molecular formula is C22H27NO4. The molecule has 0 aliphatic carbocycles. The number of carbonyl (C=O) groups is 1. The normalized spacial score (nSPS) is 10.6. The summed E-state index contributed by atoms with van der Waals surface area (Å²) < 4.78 is 16.3. The van der Waals surface area contributed by atoms with E-state index in [9.17, 15) is 4.79 Å². The number of methoxy groups -OCH3 is 2. The third-order valence-corrected chi connectivity index (χ3v) is 3.96. The standard InChI is InChI=1S/C22H27NO4/c1-4-5-6-14-27-20-12-10-17(15-21(20)26-3)11-13-22(24)23-18-8-7-9-19(16-18)25-2/h7-13,15-16H,4-6,14H2,1-3H3,(H,23,24)/b13-11+. The van der Waals surface area contributed by atoms with Crippen LogP contribution >= 0.6 is 0 Å². The average molecular weight is 369 g/mol. The van der Waals surface area contributed by atoms with Gasteiger partial charge in [-0.2, -0.15) is 0 Å². The number of benzene rings is 2. The highest BCUT2D eigenvalue weighted by Gasteiger charge is 2.05. The van der Waals surface area contributed by atoms with Crippen molar-refractivity contribution in [2.75, 3.05) is 26.1 Å². The van der Waals surface area contributed by atoms with Crippen molar-refractivity contribution in [1.82, 2.24) is 0 Å². The van der Waals surface area contributed by atoms with Gasteiger partial charge in [0.25, 0.3) is 0 Å². The van der Waals surface area contributed by atoms with Crippen molar-refractivity contribution in [1.29, 1.82) is 0 Å². The van der Waals surface area contributed by atoms with Crippen LogP contribution in [0.1, 0.15) is 31.7 Å². The van der Waals surface area contributed by atoms with Crippen LogP contribution in [0.5, 0.6) is 17.2 Å². The van der Waals surface area contributed by atoms with E-state index < -0.39 is 0 Å². The second-order valence-corrected chi connectivity index (χ2v) is 6.02. The minimum atomic E-state index is -0.220. The third kappa shape index (κ3) is 6.70. The summed E-state index contributed by atoms with van der Waals surface area (Å²) in [5.74, 6) is 1.84. The Morgan fingerprint density at radius 3 is 2.63 bits per heavy atom. The topological polar surface area (TPSA) is 56.8 Å². The van der Waals surface area contributed by atoms with Crippen LogP contribution in [0.15, 0.2) is 48.5 Å². The quantitative estimate of drug-likeness (QED) is 0.477. The fourth-order valence-corrected chi connectivity index (χ4v) is 2.50. The van der Waals surface area contributed by atoms with E-state index in [0.717, 1.165) is 24.8 Å². The predicted molar refractivity (Wildman–Crippen MR) is 109 cm³/mol. The van der Waals surface area contributed by atoms with Gasteiger partial charge in [0.05, 0.1) is 20.8 Å². The van der Waals surface area contributed by atoms with Gasteiger partial charge in [0, 0.05) is 17.8 Å². The lowest BCUT2D eigenvalue weighted by atomic mass is 10.2. The molecule has 0 aliphatic heterocycles. The Morgan fingerprint density at radius 2 is 1.89 bits per heavy atom. The van der Waals surface area contributed by atoms with E-state index in [2.05, 4.69) is 12.2 Å². The molecule has 0 aliphatic rings. The molecule has 0 radical (unpaired) electrons. The molecule has 0 saturated heterocycles. The molecule has 0 atom stereocenters. The summed E-state index contributed by atoms with van der Waals surface area (Å²) in [7, 11) is 3.20. The van der Waals surface area contributed by atoms with Crippen molar-refractivity contribution in [2.45, 2.75) is 26.2 Å². The van der Waals surface area contributed by atoms with Gasteiger partial charge >= 0.3 is 0 Å². The second-order valence-electron chi connectivity index (χ2n) is 6.02. The van der Waals surface area contributed by atoms with Crippen LogP contribution in [0.25, 0.3) is 6.08 Å². The predicted octanol–water partition coefficient (Wildman–Crippen LogP) is 4.92. The Bertz CT molecular complexity index is 771. The van der Waals surface area contributed by atoms with Crippen molar-refractivity contribution in [3.05, 3.63) is 54.1 Å². The van der Waals surface area contributed by atoms with Crippen molar-refractivity contribution in [3.63, 3.8) is 0 Å². The smallest absolute Gasteiger partial charge is 0.248 e. The maximum absolute atomic E-state index is 12.1. The first kappa shape index (κ1) is 20.4. The molecule has 0 saturated carbocycles. The zero-order valence-corrected chi connectivity index (χ0v) is 16.2. The van der Waals surface area contributed by atoms with E-state index in [1.165, 1.54) is 6.08 Å². The van der Waals surface area contributed by atoms with Gasteiger partial charge in [-0.25, -0.2) is 0 Å². The molecule has 2 aromatic carbocycles. The fourth-order valence-electron chi connectivity index (χ4n) is 2.50. The Balaban J connectivity index is 1.97. The molecule has 0 bridgehead atoms. The van der Waals surface area contributed by atoms with Gasteiger partial charge in [-0.15, -0.1) is 0 Å². The minimum Gasteiger partial charge on any atom is -0.497 e. The lowest BCUT2D eigenvalue weighted by molar-refractivity contribution is -0.111. The molecule has 27 heavy (non-hydrogen) atoms. The lowest BCUT2D eigenvalue weighted by Gasteiger charge is -2.11. The number of hydrogen-bond acceptors (Lipinski definition) is 4. The average Bonchev–Trinajstić information content (AvgIpc) is 2.70. The highest BCUT2D eigenvalue weighted by molar-refractivity contribution is 6.02. The van der Waals surface area contributed by atoms with Gasteiger partial charge in [-0.3, -0.25) is 4.79 Å². The summed E-state index contributed by atoms with van der Waals surface area (Å²) in [5.41, 5.74) is 1.53. The van der Waals surface area contributed by atoms with Crippen LogP contribution in [-0.4, -0.2) is 26.7 Å². The number of rotatable bonds is 10. The van der Waals surface area contributed by atoms with Crippen LogP contribution in [0.4, 0.5) is 5.69 Å². The van der Waals surface area contributed by atoms with E-state index in [-0.39, 0.29) is 5.91 Å². The molecule has 5 nitrogen and oxygen atoms in total. The number of amides is 1. The molecule has 1 N–H and O–H groups in total. The molecule has 0 spiro atoms. The zero-order valence-electron chi connectivity index (χ0n) is 16.2. The Hall–Kier alpha value is -2.95. The Kier molecular flexibility index (Phi) is 8.23. The van der Waals surface area contributed by atoms with Gasteiger partial charge < -0.3 is 19.5 Å². The number of nitrogens with one attached hydrogen (secondary N) is 1. The molecule has 0 unspecified atom stereocenters. The summed E-state index contributed by atoms with van der Waals surface area (Å²) in [6.07, 6.45) is 6.54. The number of carbonyl (C=O) groups excluding carboxylic acids is 1. The van der Waals surface area contributed by atoms with Crippen LogP contribution in [0.3, 0.4) is 0 Å². The van der Waals surface area contributed by atoms with Crippen molar-refractivity contribution in [3.8, 4) is 17.2 Å². The molecule has 5 heteroatoms. The number of ether oxygens (including phenoxy) is 3. The van der Waals surface area contributed by atoms with Gasteiger partial charge in [-0.05, 0) is 42.3 Å². The van der Waals surface area contributed by atoms with Crippen LogP contribution in [0.2, 0.25) is 0 Å². The van der Waals surface area contributed by atoms with E-state index >= 15 is 0 Å². The summed E-state index contributed by atoms with van der Waals surface area (Å²) >= 11 is 0. The first-order valence-electron chi connectivity index (χ1n) is 9.10. The van der Waals surface area contributed by atoms with Gasteiger partial charge in [0.2, 0.25) is 5.91 Å².